The predicted octanol–water partition coefficient (Wildman–Crippen LogP) is 4.18. The van der Waals surface area contributed by atoms with Gasteiger partial charge < -0.3 is 9.64 Å². The minimum atomic E-state index is -0.393. The fourth-order valence-electron chi connectivity index (χ4n) is 3.18. The summed E-state index contributed by atoms with van der Waals surface area (Å²) in [5, 5.41) is 1.27. The van der Waals surface area contributed by atoms with E-state index in [0.717, 1.165) is 25.2 Å². The molecule has 0 saturated carbocycles. The second-order valence-electron chi connectivity index (χ2n) is 6.65. The van der Waals surface area contributed by atoms with Crippen LogP contribution in [0.25, 0.3) is 10.9 Å². The minimum Gasteiger partial charge on any atom is -0.494 e. The molecule has 0 aliphatic rings. The van der Waals surface area contributed by atoms with Crippen molar-refractivity contribution in [2.24, 2.45) is 0 Å². The highest BCUT2D eigenvalue weighted by atomic mass is 32.2. The molecule has 5 nitrogen and oxygen atoms in total. The zero-order chi connectivity index (χ0) is 20.8. The Morgan fingerprint density at radius 3 is 2.62 bits per heavy atom. The lowest BCUT2D eigenvalue weighted by molar-refractivity contribution is 0.284. The first kappa shape index (κ1) is 21.3. The third-order valence-electron chi connectivity index (χ3n) is 4.95. The number of para-hydroxylation sites is 1. The van der Waals surface area contributed by atoms with Gasteiger partial charge in [0.15, 0.2) is 16.7 Å². The summed E-state index contributed by atoms with van der Waals surface area (Å²) in [7, 11) is 1.44. The number of benzene rings is 2. The molecule has 0 unspecified atom stereocenters. The molecule has 154 valence electrons. The van der Waals surface area contributed by atoms with Crippen molar-refractivity contribution in [2.45, 2.75) is 31.3 Å². The average molecular weight is 416 g/mol. The van der Waals surface area contributed by atoms with Crippen LogP contribution in [0.2, 0.25) is 0 Å². The topological polar surface area (TPSA) is 47.4 Å². The van der Waals surface area contributed by atoms with E-state index in [1.807, 2.05) is 30.3 Å². The maximum Gasteiger partial charge on any atom is 0.262 e. The number of fused-ring (bicyclic) bond motifs is 1. The van der Waals surface area contributed by atoms with Crippen LogP contribution in [0.3, 0.4) is 0 Å². The second kappa shape index (κ2) is 9.89. The average Bonchev–Trinajstić information content (AvgIpc) is 2.74. The fraction of sp³-hybridized carbons (Fsp3) is 0.364. The van der Waals surface area contributed by atoms with Crippen molar-refractivity contribution < 1.29 is 9.13 Å². The second-order valence-corrected chi connectivity index (χ2v) is 7.60. The van der Waals surface area contributed by atoms with Crippen LogP contribution in [0, 0.1) is 5.82 Å². The molecular formula is C22H26FN3O2S. The molecule has 0 saturated heterocycles. The summed E-state index contributed by atoms with van der Waals surface area (Å²) in [6.07, 6.45) is 0. The number of rotatable bonds is 9. The molecule has 3 rings (SSSR count). The van der Waals surface area contributed by atoms with Gasteiger partial charge in [0.1, 0.15) is 0 Å². The van der Waals surface area contributed by atoms with E-state index in [-0.39, 0.29) is 11.3 Å². The van der Waals surface area contributed by atoms with E-state index in [2.05, 4.69) is 18.7 Å². The summed E-state index contributed by atoms with van der Waals surface area (Å²) in [6.45, 7) is 7.42. The number of aromatic nitrogens is 2. The molecule has 0 bridgehead atoms. The molecule has 2 aromatic carbocycles. The number of ether oxygens (including phenoxy) is 1. The third-order valence-corrected chi connectivity index (χ3v) is 5.99. The fourth-order valence-corrected chi connectivity index (χ4v) is 4.15. The van der Waals surface area contributed by atoms with Crippen molar-refractivity contribution in [3.05, 3.63) is 64.2 Å². The van der Waals surface area contributed by atoms with Gasteiger partial charge >= 0.3 is 0 Å². The number of likely N-dealkylation sites (N-methyl/N-ethyl adjacent to an activating group) is 1. The van der Waals surface area contributed by atoms with Crippen LogP contribution in [0.15, 0.2) is 52.4 Å². The Kier molecular flexibility index (Phi) is 7.28. The van der Waals surface area contributed by atoms with Gasteiger partial charge in [0.2, 0.25) is 0 Å². The standard InChI is InChI=1S/C22H26FN3O2S/c1-4-25(5-2)12-13-26-21(27)17-8-6-7-9-19(17)24-22(26)29-15-16-10-11-20(28-3)18(23)14-16/h6-11,14H,4-5,12-13,15H2,1-3H3. The van der Waals surface area contributed by atoms with Crippen LogP contribution >= 0.6 is 11.8 Å². The van der Waals surface area contributed by atoms with Gasteiger partial charge in [-0.3, -0.25) is 9.36 Å². The molecule has 1 aromatic heterocycles. The Balaban J connectivity index is 1.91. The van der Waals surface area contributed by atoms with Gasteiger partial charge in [-0.15, -0.1) is 0 Å². The van der Waals surface area contributed by atoms with Crippen molar-refractivity contribution in [3.63, 3.8) is 0 Å². The van der Waals surface area contributed by atoms with E-state index in [0.29, 0.717) is 28.4 Å². The smallest absolute Gasteiger partial charge is 0.262 e. The first-order valence-electron chi connectivity index (χ1n) is 9.74. The summed E-state index contributed by atoms with van der Waals surface area (Å²) >= 11 is 1.44. The number of hydrogen-bond donors (Lipinski definition) is 0. The monoisotopic (exact) mass is 415 g/mol. The van der Waals surface area contributed by atoms with Crippen molar-refractivity contribution in [2.75, 3.05) is 26.7 Å². The van der Waals surface area contributed by atoms with Crippen LogP contribution < -0.4 is 10.3 Å². The summed E-state index contributed by atoms with van der Waals surface area (Å²) < 4.78 is 20.7. The van der Waals surface area contributed by atoms with E-state index in [1.165, 1.54) is 24.9 Å². The number of halogens is 1. The SMILES string of the molecule is CCN(CC)CCn1c(SCc2ccc(OC)c(F)c2)nc2ccccc2c1=O. The van der Waals surface area contributed by atoms with Crippen LogP contribution in [0.5, 0.6) is 5.75 Å². The zero-order valence-corrected chi connectivity index (χ0v) is 17.8. The molecule has 1 heterocycles. The molecule has 0 aliphatic heterocycles. The van der Waals surface area contributed by atoms with E-state index in [1.54, 1.807) is 10.6 Å². The summed E-state index contributed by atoms with van der Waals surface area (Å²) in [6, 6.07) is 12.3. The zero-order valence-electron chi connectivity index (χ0n) is 17.0. The van der Waals surface area contributed by atoms with Crippen LogP contribution in [0.4, 0.5) is 4.39 Å². The van der Waals surface area contributed by atoms with Crippen molar-refractivity contribution >= 4 is 22.7 Å². The highest BCUT2D eigenvalue weighted by Crippen LogP contribution is 2.25. The van der Waals surface area contributed by atoms with Gasteiger partial charge in [0.25, 0.3) is 5.56 Å². The quantitative estimate of drug-likeness (QED) is 0.388. The lowest BCUT2D eigenvalue weighted by Gasteiger charge is -2.20. The largest absolute Gasteiger partial charge is 0.494 e. The Labute approximate surface area is 174 Å². The first-order valence-corrected chi connectivity index (χ1v) is 10.7. The molecule has 0 radical (unpaired) electrons. The van der Waals surface area contributed by atoms with Crippen molar-refractivity contribution in [1.82, 2.24) is 14.5 Å². The highest BCUT2D eigenvalue weighted by Gasteiger charge is 2.13. The van der Waals surface area contributed by atoms with Gasteiger partial charge in [0.05, 0.1) is 18.0 Å². The van der Waals surface area contributed by atoms with Crippen LogP contribution in [-0.2, 0) is 12.3 Å². The summed E-state index contributed by atoms with van der Waals surface area (Å²) in [5.74, 6) is 0.339. The Bertz CT molecular complexity index is 1030. The molecular weight excluding hydrogens is 389 g/mol. The Morgan fingerprint density at radius 1 is 1.17 bits per heavy atom. The van der Waals surface area contributed by atoms with E-state index >= 15 is 0 Å². The Morgan fingerprint density at radius 2 is 1.93 bits per heavy atom. The predicted molar refractivity (Wildman–Crippen MR) is 116 cm³/mol. The van der Waals surface area contributed by atoms with Gasteiger partial charge in [-0.2, -0.15) is 0 Å². The number of hydrogen-bond acceptors (Lipinski definition) is 5. The van der Waals surface area contributed by atoms with Crippen molar-refractivity contribution in [1.29, 1.82) is 0 Å². The maximum atomic E-state index is 14.0. The number of nitrogens with zero attached hydrogens (tertiary/aromatic N) is 3. The molecule has 0 atom stereocenters. The molecule has 0 N–H and O–H groups in total. The van der Waals surface area contributed by atoms with E-state index in [4.69, 9.17) is 9.72 Å². The highest BCUT2D eigenvalue weighted by molar-refractivity contribution is 7.98. The van der Waals surface area contributed by atoms with Crippen molar-refractivity contribution in [3.8, 4) is 5.75 Å². The maximum absolute atomic E-state index is 14.0. The normalized spacial score (nSPS) is 11.3. The van der Waals surface area contributed by atoms with Gasteiger partial charge in [-0.1, -0.05) is 43.8 Å². The number of thioether (sulfide) groups is 1. The molecule has 29 heavy (non-hydrogen) atoms. The lowest BCUT2D eigenvalue weighted by atomic mass is 10.2. The van der Waals surface area contributed by atoms with Crippen LogP contribution in [0.1, 0.15) is 19.4 Å². The Hall–Kier alpha value is -2.38. The first-order chi connectivity index (χ1) is 14.1. The molecule has 0 aliphatic carbocycles. The molecule has 0 amide bonds. The van der Waals surface area contributed by atoms with Gasteiger partial charge in [0, 0.05) is 18.8 Å². The number of methoxy groups -OCH3 is 1. The van der Waals surface area contributed by atoms with Gasteiger partial charge in [-0.25, -0.2) is 9.37 Å². The molecule has 0 spiro atoms. The third kappa shape index (κ3) is 4.97. The molecule has 0 fully saturated rings. The van der Waals surface area contributed by atoms with Crippen LogP contribution in [-0.4, -0.2) is 41.2 Å². The lowest BCUT2D eigenvalue weighted by Crippen LogP contribution is -2.32. The minimum absolute atomic E-state index is 0.0360. The molecule has 3 aromatic rings. The summed E-state index contributed by atoms with van der Waals surface area (Å²) in [5.41, 5.74) is 1.46. The van der Waals surface area contributed by atoms with E-state index in [9.17, 15) is 9.18 Å². The van der Waals surface area contributed by atoms with E-state index < -0.39 is 5.82 Å². The summed E-state index contributed by atoms with van der Waals surface area (Å²) in [4.78, 5) is 20.1. The molecule has 7 heteroatoms. The van der Waals surface area contributed by atoms with Gasteiger partial charge in [-0.05, 0) is 42.9 Å².